The van der Waals surface area contributed by atoms with E-state index in [-0.39, 0.29) is 12.5 Å². The van der Waals surface area contributed by atoms with Gasteiger partial charge in [0.1, 0.15) is 11.5 Å². The highest BCUT2D eigenvalue weighted by molar-refractivity contribution is 5.85. The number of amides is 1. The van der Waals surface area contributed by atoms with Crippen molar-refractivity contribution in [1.82, 2.24) is 15.5 Å². The number of ether oxygens (including phenoxy) is 1. The lowest BCUT2D eigenvalue weighted by Gasteiger charge is -2.36. The number of phenolic OH excluding ortho intramolecular Hbond substituents is 1. The van der Waals surface area contributed by atoms with Crippen molar-refractivity contribution in [2.24, 2.45) is 0 Å². The molecule has 1 aromatic heterocycles. The summed E-state index contributed by atoms with van der Waals surface area (Å²) in [7, 11) is 0. The van der Waals surface area contributed by atoms with Crippen LogP contribution in [-0.2, 0) is 24.2 Å². The highest BCUT2D eigenvalue weighted by atomic mass is 16.5. The fraction of sp³-hybridized carbons (Fsp3) is 0.526. The van der Waals surface area contributed by atoms with Crippen molar-refractivity contribution in [2.75, 3.05) is 0 Å². The monoisotopic (exact) mass is 359 g/mol. The number of nitrogens with one attached hydrogen (secondary N) is 1. The highest BCUT2D eigenvalue weighted by Gasteiger charge is 2.40. The first kappa shape index (κ1) is 18.2. The quantitative estimate of drug-likeness (QED) is 0.871. The lowest BCUT2D eigenvalue weighted by molar-refractivity contribution is -0.137. The van der Waals surface area contributed by atoms with Gasteiger partial charge >= 0.3 is 0 Å². The van der Waals surface area contributed by atoms with Crippen LogP contribution in [0.1, 0.15) is 54.3 Å². The van der Waals surface area contributed by atoms with E-state index in [2.05, 4.69) is 15.5 Å². The van der Waals surface area contributed by atoms with E-state index in [0.29, 0.717) is 42.5 Å². The van der Waals surface area contributed by atoms with Crippen LogP contribution in [0.4, 0.5) is 0 Å². The summed E-state index contributed by atoms with van der Waals surface area (Å²) in [6, 6.07) is 0. The van der Waals surface area contributed by atoms with Crippen molar-refractivity contribution < 1.29 is 19.1 Å². The van der Waals surface area contributed by atoms with Gasteiger partial charge in [0.25, 0.3) is 5.91 Å². The Morgan fingerprint density at radius 3 is 2.54 bits per heavy atom. The topological polar surface area (TPSA) is 97.5 Å². The largest absolute Gasteiger partial charge is 0.507 e. The maximum absolute atomic E-state index is 12.8. The summed E-state index contributed by atoms with van der Waals surface area (Å²) in [4.78, 5) is 12.8. The number of nitrogens with zero attached hydrogens (tertiary/aromatic N) is 2. The van der Waals surface area contributed by atoms with Crippen LogP contribution in [0.25, 0.3) is 0 Å². The van der Waals surface area contributed by atoms with Crippen LogP contribution in [-0.4, -0.2) is 26.8 Å². The van der Waals surface area contributed by atoms with E-state index in [4.69, 9.17) is 9.15 Å². The van der Waals surface area contributed by atoms with E-state index in [1.807, 2.05) is 27.7 Å². The van der Waals surface area contributed by atoms with Crippen LogP contribution in [0.2, 0.25) is 0 Å². The third kappa shape index (κ3) is 3.02. The minimum Gasteiger partial charge on any atom is -0.507 e. The van der Waals surface area contributed by atoms with E-state index in [1.54, 1.807) is 6.92 Å². The Morgan fingerprint density at radius 2 is 1.88 bits per heavy atom. The van der Waals surface area contributed by atoms with Crippen molar-refractivity contribution in [3.05, 3.63) is 34.0 Å². The third-order valence-corrected chi connectivity index (χ3v) is 5.21. The number of benzene rings is 1. The lowest BCUT2D eigenvalue weighted by atomic mass is 9.86. The van der Waals surface area contributed by atoms with E-state index in [9.17, 15) is 9.90 Å². The second-order valence-corrected chi connectivity index (χ2v) is 6.99. The molecular formula is C19H25N3O4. The molecule has 0 saturated carbocycles. The third-order valence-electron chi connectivity index (χ3n) is 5.21. The van der Waals surface area contributed by atoms with E-state index in [0.717, 1.165) is 22.3 Å². The standard InChI is InChI=1S/C19H25N3O4/c1-6-14-21-22-15(25-14)9-20-18(24)19(5)8-7-13-12(4)16(23)10(2)11(3)17(13)26-19/h23H,6-9H2,1-5H3,(H,20,24)/t19-/m1/s1. The first-order valence-corrected chi connectivity index (χ1v) is 8.87. The van der Waals surface area contributed by atoms with Gasteiger partial charge in [-0.25, -0.2) is 0 Å². The Morgan fingerprint density at radius 1 is 1.19 bits per heavy atom. The molecule has 2 heterocycles. The molecule has 1 aliphatic rings. The SMILES string of the molecule is CCc1nnc(CNC(=O)[C@@]2(C)CCc3c(C)c(O)c(C)c(C)c3O2)o1. The fourth-order valence-corrected chi connectivity index (χ4v) is 3.25. The van der Waals surface area contributed by atoms with Crippen molar-refractivity contribution in [2.45, 2.75) is 66.0 Å². The van der Waals surface area contributed by atoms with Crippen molar-refractivity contribution >= 4 is 5.91 Å². The molecule has 3 rings (SSSR count). The molecule has 0 fully saturated rings. The molecule has 7 nitrogen and oxygen atoms in total. The molecule has 1 atom stereocenters. The van der Waals surface area contributed by atoms with Gasteiger partial charge in [-0.2, -0.15) is 0 Å². The molecule has 1 amide bonds. The van der Waals surface area contributed by atoms with Crippen molar-refractivity contribution in [1.29, 1.82) is 0 Å². The van der Waals surface area contributed by atoms with Crippen LogP contribution >= 0.6 is 0 Å². The number of rotatable bonds is 4. The molecule has 0 spiro atoms. The van der Waals surface area contributed by atoms with Crippen LogP contribution < -0.4 is 10.1 Å². The maximum Gasteiger partial charge on any atom is 0.264 e. The zero-order valence-corrected chi connectivity index (χ0v) is 15.9. The number of hydrogen-bond donors (Lipinski definition) is 2. The first-order valence-electron chi connectivity index (χ1n) is 8.87. The van der Waals surface area contributed by atoms with Gasteiger partial charge in [0.2, 0.25) is 11.8 Å². The van der Waals surface area contributed by atoms with E-state index >= 15 is 0 Å². The molecular weight excluding hydrogens is 334 g/mol. The molecule has 0 unspecified atom stereocenters. The Balaban J connectivity index is 1.78. The molecule has 0 aliphatic carbocycles. The number of hydrogen-bond acceptors (Lipinski definition) is 6. The van der Waals surface area contributed by atoms with E-state index in [1.165, 1.54) is 0 Å². The Bertz CT molecular complexity index is 859. The molecule has 0 radical (unpaired) electrons. The summed E-state index contributed by atoms with van der Waals surface area (Å²) in [5.74, 6) is 1.71. The number of aromatic nitrogens is 2. The Hall–Kier alpha value is -2.57. The summed E-state index contributed by atoms with van der Waals surface area (Å²) in [6.07, 6.45) is 1.85. The summed E-state index contributed by atoms with van der Waals surface area (Å²) >= 11 is 0. The minimum absolute atomic E-state index is 0.171. The van der Waals surface area contributed by atoms with Crippen LogP contribution in [0.15, 0.2) is 4.42 Å². The number of fused-ring (bicyclic) bond motifs is 1. The molecule has 26 heavy (non-hydrogen) atoms. The number of aromatic hydroxyl groups is 1. The van der Waals surface area contributed by atoms with Crippen LogP contribution in [0.5, 0.6) is 11.5 Å². The molecule has 7 heteroatoms. The molecule has 1 aliphatic heterocycles. The average molecular weight is 359 g/mol. The second kappa shape index (κ2) is 6.63. The van der Waals surface area contributed by atoms with E-state index < -0.39 is 5.60 Å². The summed E-state index contributed by atoms with van der Waals surface area (Å²) in [5, 5.41) is 20.9. The number of phenols is 1. The molecule has 0 saturated heterocycles. The number of carbonyl (C=O) groups is 1. The van der Waals surface area contributed by atoms with Crippen molar-refractivity contribution in [3.63, 3.8) is 0 Å². The minimum atomic E-state index is -0.985. The van der Waals surface area contributed by atoms with Gasteiger partial charge in [0.05, 0.1) is 6.54 Å². The van der Waals surface area contributed by atoms with Crippen LogP contribution in [0.3, 0.4) is 0 Å². The molecule has 140 valence electrons. The second-order valence-electron chi connectivity index (χ2n) is 6.99. The number of aryl methyl sites for hydroxylation is 1. The molecule has 2 aromatic rings. The van der Waals surface area contributed by atoms with Crippen LogP contribution in [0, 0.1) is 20.8 Å². The zero-order chi connectivity index (χ0) is 19.1. The first-order chi connectivity index (χ1) is 12.3. The molecule has 0 bridgehead atoms. The predicted octanol–water partition coefficient (Wildman–Crippen LogP) is 2.66. The van der Waals surface area contributed by atoms with Gasteiger partial charge in [-0.15, -0.1) is 10.2 Å². The summed E-state index contributed by atoms with van der Waals surface area (Å²) in [6.45, 7) is 9.52. The molecule has 2 N–H and O–H groups in total. The van der Waals surface area contributed by atoms with Gasteiger partial charge < -0.3 is 19.6 Å². The highest BCUT2D eigenvalue weighted by Crippen LogP contribution is 2.43. The normalized spacial score (nSPS) is 19.0. The van der Waals surface area contributed by atoms with Gasteiger partial charge in [0, 0.05) is 18.4 Å². The zero-order valence-electron chi connectivity index (χ0n) is 15.9. The Labute approximate surface area is 152 Å². The van der Waals surface area contributed by atoms with Gasteiger partial charge in [-0.1, -0.05) is 6.92 Å². The van der Waals surface area contributed by atoms with Crippen molar-refractivity contribution in [3.8, 4) is 11.5 Å². The fourth-order valence-electron chi connectivity index (χ4n) is 3.25. The van der Waals surface area contributed by atoms with Gasteiger partial charge in [-0.05, 0) is 50.8 Å². The predicted molar refractivity (Wildman–Crippen MR) is 95.2 cm³/mol. The molecule has 1 aromatic carbocycles. The average Bonchev–Trinajstić information content (AvgIpc) is 3.10. The summed E-state index contributed by atoms with van der Waals surface area (Å²) in [5.41, 5.74) is 2.46. The van der Waals surface area contributed by atoms with Gasteiger partial charge in [-0.3, -0.25) is 4.79 Å². The maximum atomic E-state index is 12.8. The number of carbonyl (C=O) groups excluding carboxylic acids is 1. The lowest BCUT2D eigenvalue weighted by Crippen LogP contribution is -2.50. The Kier molecular flexibility index (Phi) is 4.64. The van der Waals surface area contributed by atoms with Gasteiger partial charge in [0.15, 0.2) is 5.60 Å². The smallest absolute Gasteiger partial charge is 0.264 e. The summed E-state index contributed by atoms with van der Waals surface area (Å²) < 4.78 is 11.6.